The van der Waals surface area contributed by atoms with E-state index in [-0.39, 0.29) is 27.7 Å². The molecular formula is C26H19N3O6S. The number of hydrogen-bond acceptors (Lipinski definition) is 8. The van der Waals surface area contributed by atoms with Crippen LogP contribution in [0.1, 0.15) is 28.3 Å². The number of aromatic nitrogens is 1. The van der Waals surface area contributed by atoms with Crippen LogP contribution in [0.5, 0.6) is 5.75 Å². The normalized spacial score (nSPS) is 17.2. The Balaban J connectivity index is 1.73. The van der Waals surface area contributed by atoms with Crippen molar-refractivity contribution in [3.63, 3.8) is 0 Å². The number of carbonyl (C=O) groups excluding carboxylic acids is 2. The highest BCUT2D eigenvalue weighted by atomic mass is 32.1. The molecule has 5 rings (SSSR count). The maximum Gasteiger partial charge on any atom is 0.301 e. The Bertz CT molecular complexity index is 1570. The average molecular weight is 502 g/mol. The van der Waals surface area contributed by atoms with E-state index in [1.165, 1.54) is 46.6 Å². The largest absolute Gasteiger partial charge is 0.508 e. The number of nitro groups is 1. The molecule has 2 N–H and O–H groups in total. The number of thiazole rings is 1. The molecule has 1 unspecified atom stereocenters. The summed E-state index contributed by atoms with van der Waals surface area (Å²) in [7, 11) is 0. The lowest BCUT2D eigenvalue weighted by atomic mass is 9.95. The molecule has 1 amide bonds. The number of nitro benzene ring substituents is 1. The zero-order chi connectivity index (χ0) is 25.7. The van der Waals surface area contributed by atoms with Gasteiger partial charge in [-0.3, -0.25) is 24.6 Å². The van der Waals surface area contributed by atoms with E-state index in [0.717, 1.165) is 21.9 Å². The number of carbonyl (C=O) groups is 2. The summed E-state index contributed by atoms with van der Waals surface area (Å²) in [5.41, 5.74) is 2.74. The molecule has 2 heterocycles. The lowest BCUT2D eigenvalue weighted by molar-refractivity contribution is -0.384. The van der Waals surface area contributed by atoms with Crippen molar-refractivity contribution in [2.75, 3.05) is 4.90 Å². The molecule has 3 aromatic carbocycles. The summed E-state index contributed by atoms with van der Waals surface area (Å²) < 4.78 is 0.832. The van der Waals surface area contributed by atoms with E-state index in [0.29, 0.717) is 11.1 Å². The van der Waals surface area contributed by atoms with Gasteiger partial charge in [-0.15, -0.1) is 0 Å². The number of hydrogen-bond donors (Lipinski definition) is 2. The first-order chi connectivity index (χ1) is 17.2. The first-order valence-electron chi connectivity index (χ1n) is 10.9. The van der Waals surface area contributed by atoms with Crippen LogP contribution in [0.4, 0.5) is 10.8 Å². The molecule has 1 atom stereocenters. The van der Waals surface area contributed by atoms with Gasteiger partial charge in [-0.2, -0.15) is 0 Å². The van der Waals surface area contributed by atoms with E-state index in [2.05, 4.69) is 4.98 Å². The number of nitrogens with zero attached hydrogens (tertiary/aromatic N) is 3. The molecule has 0 radical (unpaired) electrons. The summed E-state index contributed by atoms with van der Waals surface area (Å²) in [6.45, 7) is 3.92. The Morgan fingerprint density at radius 1 is 1.06 bits per heavy atom. The van der Waals surface area contributed by atoms with Gasteiger partial charge in [-0.25, -0.2) is 4.98 Å². The van der Waals surface area contributed by atoms with Crippen LogP contribution in [-0.2, 0) is 9.59 Å². The fourth-order valence-electron chi connectivity index (χ4n) is 4.19. The van der Waals surface area contributed by atoms with Crippen molar-refractivity contribution in [2.45, 2.75) is 19.9 Å². The highest BCUT2D eigenvalue weighted by Crippen LogP contribution is 2.45. The molecule has 180 valence electrons. The smallest absolute Gasteiger partial charge is 0.301 e. The molecule has 1 saturated heterocycles. The predicted octanol–water partition coefficient (Wildman–Crippen LogP) is 5.15. The standard InChI is InChI=1S/C26H19N3O6S/c1-13-10-19-20(11-14(13)2)36-26(27-19)28-22(15-6-8-18(30)9-7-15)21(24(32)25(28)33)23(31)16-4-3-5-17(12-16)29(34)35/h3-12,22,30-31H,1-2H3/b23-21+. The van der Waals surface area contributed by atoms with E-state index in [1.54, 1.807) is 12.1 Å². The maximum absolute atomic E-state index is 13.3. The summed E-state index contributed by atoms with van der Waals surface area (Å²) in [5.74, 6) is -2.37. The second-order valence-corrected chi connectivity index (χ2v) is 9.48. The number of aliphatic hydroxyl groups excluding tert-OH is 1. The number of ketones is 1. The summed E-state index contributed by atoms with van der Waals surface area (Å²) >= 11 is 1.24. The molecule has 0 aliphatic carbocycles. The first-order valence-corrected chi connectivity index (χ1v) is 11.7. The molecule has 1 aromatic heterocycles. The van der Waals surface area contributed by atoms with Crippen molar-refractivity contribution in [2.24, 2.45) is 0 Å². The van der Waals surface area contributed by atoms with Gasteiger partial charge < -0.3 is 10.2 Å². The van der Waals surface area contributed by atoms with E-state index in [4.69, 9.17) is 0 Å². The molecule has 1 aliphatic heterocycles. The minimum Gasteiger partial charge on any atom is -0.508 e. The molecule has 9 nitrogen and oxygen atoms in total. The van der Waals surface area contributed by atoms with Gasteiger partial charge in [0.2, 0.25) is 0 Å². The van der Waals surface area contributed by atoms with Crippen LogP contribution < -0.4 is 4.90 Å². The summed E-state index contributed by atoms with van der Waals surface area (Å²) in [4.78, 5) is 43.1. The topological polar surface area (TPSA) is 134 Å². The second-order valence-electron chi connectivity index (χ2n) is 8.47. The number of aryl methyl sites for hydroxylation is 2. The van der Waals surface area contributed by atoms with Gasteiger partial charge in [-0.1, -0.05) is 35.6 Å². The number of amides is 1. The number of Topliss-reactive ketones (excluding diaryl/α,β-unsaturated/α-hetero) is 1. The number of non-ortho nitro benzene ring substituents is 1. The highest BCUT2D eigenvalue weighted by molar-refractivity contribution is 7.22. The Labute approximate surface area is 208 Å². The van der Waals surface area contributed by atoms with Crippen LogP contribution >= 0.6 is 11.3 Å². The zero-order valence-electron chi connectivity index (χ0n) is 19.1. The molecule has 0 spiro atoms. The van der Waals surface area contributed by atoms with Crippen molar-refractivity contribution in [3.05, 3.63) is 98.6 Å². The Morgan fingerprint density at radius 3 is 2.44 bits per heavy atom. The van der Waals surface area contributed by atoms with Gasteiger partial charge in [0, 0.05) is 17.7 Å². The zero-order valence-corrected chi connectivity index (χ0v) is 19.9. The minimum absolute atomic E-state index is 0.0136. The third-order valence-corrected chi connectivity index (χ3v) is 7.20. The third kappa shape index (κ3) is 3.77. The Morgan fingerprint density at radius 2 is 1.75 bits per heavy atom. The Hall–Kier alpha value is -4.57. The van der Waals surface area contributed by atoms with Gasteiger partial charge in [0.1, 0.15) is 11.5 Å². The summed E-state index contributed by atoms with van der Waals surface area (Å²) in [6, 6.07) is 13.9. The number of rotatable bonds is 4. The van der Waals surface area contributed by atoms with E-state index in [9.17, 15) is 29.9 Å². The number of aliphatic hydroxyl groups is 1. The van der Waals surface area contributed by atoms with Crippen LogP contribution in [0.2, 0.25) is 0 Å². The monoisotopic (exact) mass is 501 g/mol. The van der Waals surface area contributed by atoms with E-state index in [1.807, 2.05) is 26.0 Å². The fraction of sp³-hybridized carbons (Fsp3) is 0.115. The number of aromatic hydroxyl groups is 1. The van der Waals surface area contributed by atoms with Crippen LogP contribution in [-0.4, -0.2) is 31.8 Å². The van der Waals surface area contributed by atoms with Crippen molar-refractivity contribution >= 4 is 49.8 Å². The van der Waals surface area contributed by atoms with Crippen molar-refractivity contribution in [1.29, 1.82) is 0 Å². The number of phenolic OH excluding ortho intramolecular Hbond substituents is 1. The summed E-state index contributed by atoms with van der Waals surface area (Å²) in [5, 5.41) is 32.5. The number of phenols is 1. The van der Waals surface area contributed by atoms with Crippen LogP contribution in [0.15, 0.2) is 66.2 Å². The second kappa shape index (κ2) is 8.58. The van der Waals surface area contributed by atoms with Crippen molar-refractivity contribution in [3.8, 4) is 5.75 Å². The predicted molar refractivity (Wildman–Crippen MR) is 135 cm³/mol. The average Bonchev–Trinajstić information content (AvgIpc) is 3.37. The molecule has 4 aromatic rings. The number of anilines is 1. The number of fused-ring (bicyclic) bond motifs is 1. The lowest BCUT2D eigenvalue weighted by Gasteiger charge is -2.23. The summed E-state index contributed by atoms with van der Waals surface area (Å²) in [6.07, 6.45) is 0. The van der Waals surface area contributed by atoms with Crippen molar-refractivity contribution < 1.29 is 24.7 Å². The molecule has 36 heavy (non-hydrogen) atoms. The van der Waals surface area contributed by atoms with Crippen LogP contribution in [0.25, 0.3) is 16.0 Å². The quantitative estimate of drug-likeness (QED) is 0.130. The molecule has 0 saturated carbocycles. The van der Waals surface area contributed by atoms with Crippen LogP contribution in [0.3, 0.4) is 0 Å². The number of benzene rings is 3. The van der Waals surface area contributed by atoms with Crippen molar-refractivity contribution in [1.82, 2.24) is 4.98 Å². The van der Waals surface area contributed by atoms with E-state index >= 15 is 0 Å². The van der Waals surface area contributed by atoms with Gasteiger partial charge in [0.15, 0.2) is 5.13 Å². The first kappa shape index (κ1) is 23.2. The maximum atomic E-state index is 13.3. The van der Waals surface area contributed by atoms with Gasteiger partial charge in [0.05, 0.1) is 26.8 Å². The molecule has 10 heteroatoms. The van der Waals surface area contributed by atoms with Gasteiger partial charge in [-0.05, 0) is 54.8 Å². The third-order valence-electron chi connectivity index (χ3n) is 6.18. The molecule has 1 fully saturated rings. The van der Waals surface area contributed by atoms with Gasteiger partial charge >= 0.3 is 5.91 Å². The SMILES string of the molecule is Cc1cc2nc(N3C(=O)C(=O)/C(=C(/O)c4cccc([N+](=O)[O-])c4)C3c3ccc(O)cc3)sc2cc1C. The lowest BCUT2D eigenvalue weighted by Crippen LogP contribution is -2.29. The fourth-order valence-corrected chi connectivity index (χ4v) is 5.27. The minimum atomic E-state index is -1.06. The molecule has 1 aliphatic rings. The van der Waals surface area contributed by atoms with Gasteiger partial charge in [0.25, 0.3) is 11.5 Å². The molecular weight excluding hydrogens is 482 g/mol. The van der Waals surface area contributed by atoms with E-state index < -0.39 is 28.4 Å². The Kier molecular flexibility index (Phi) is 5.52. The molecule has 0 bridgehead atoms. The van der Waals surface area contributed by atoms with Crippen LogP contribution in [0, 0.1) is 24.0 Å². The highest BCUT2D eigenvalue weighted by Gasteiger charge is 2.48.